The molecule has 1 N–H and O–H groups in total. The molecule has 0 amide bonds. The molecule has 6 rings (SSSR count). The zero-order chi connectivity index (χ0) is 39.8. The number of ketones is 1. The molecule has 0 atom stereocenters. The number of carbonyl (C=O) groups is 2. The molecular formula is C42H39Cl4N2NaO3S4. The Hall–Kier alpha value is -2.51. The molecule has 5 nitrogen and oxygen atoms in total. The number of rotatable bonds is 6. The summed E-state index contributed by atoms with van der Waals surface area (Å²) >= 11 is 31.9. The molecular weight excluding hydrogens is 874 g/mol. The summed E-state index contributed by atoms with van der Waals surface area (Å²) in [7, 11) is 0. The van der Waals surface area contributed by atoms with Gasteiger partial charge in [0, 0.05) is 22.1 Å². The Labute approximate surface area is 393 Å². The van der Waals surface area contributed by atoms with Crippen molar-refractivity contribution in [1.29, 1.82) is 0 Å². The quantitative estimate of drug-likeness (QED) is 0.0762. The summed E-state index contributed by atoms with van der Waals surface area (Å²) < 4.78 is -0.846. The van der Waals surface area contributed by atoms with Gasteiger partial charge in [0.25, 0.3) is 0 Å². The van der Waals surface area contributed by atoms with E-state index in [-0.39, 0.29) is 47.7 Å². The van der Waals surface area contributed by atoms with Crippen molar-refractivity contribution < 1.29 is 44.3 Å². The maximum absolute atomic E-state index is 11.6. The number of aliphatic carboxylic acids is 1. The van der Waals surface area contributed by atoms with Crippen LogP contribution in [0.4, 0.5) is 22.7 Å². The number of carboxylic acids is 1. The van der Waals surface area contributed by atoms with Crippen LogP contribution >= 0.6 is 83.4 Å². The molecule has 14 heteroatoms. The summed E-state index contributed by atoms with van der Waals surface area (Å²) in [6, 6.07) is 48.3. The molecule has 0 aliphatic carbocycles. The number of carbonyl (C=O) groups excluding carboxylic acids is 1. The van der Waals surface area contributed by atoms with Gasteiger partial charge in [-0.2, -0.15) is 0 Å². The number of alkyl halides is 3. The minimum absolute atomic E-state index is 0. The molecule has 0 radical (unpaired) electrons. The first-order valence-electron chi connectivity index (χ1n) is 16.4. The molecule has 0 aliphatic rings. The third-order valence-electron chi connectivity index (χ3n) is 7.27. The van der Waals surface area contributed by atoms with Crippen LogP contribution in [0.3, 0.4) is 0 Å². The second kappa shape index (κ2) is 25.8. The zero-order valence-electron chi connectivity index (χ0n) is 31.3. The van der Waals surface area contributed by atoms with Crippen molar-refractivity contribution in [3.05, 3.63) is 146 Å². The van der Waals surface area contributed by atoms with E-state index in [1.54, 1.807) is 13.8 Å². The molecule has 56 heavy (non-hydrogen) atoms. The standard InChI is InChI=1S/C21H19NO2S2.C17H13NS2.C3H6O.CHCl3.ClH.Na/c1-21(2,19(23)24)26-20(25)22(16-11-4-3-5-12-16)18-14-8-10-15-9-6-7-13-17(15)18;19-17(20)18(14-9-2-1-3-10-14)16-12-6-8-13-7-4-5-11-15(13)16;1-3(2)4;2-1(3)4;;/h3-14H,1-2H3,(H,23,24);1-12H,(H,19,20);1-2H3;1H;1H;/q;;;;;+1/p-1. The Balaban J connectivity index is 0.000000465. The van der Waals surface area contributed by atoms with Crippen molar-refractivity contribution in [2.75, 3.05) is 9.80 Å². The SMILES string of the molecule is CC(C)(SC(=S)N(c1ccccc1)c1cccc2ccccc12)C(=O)O.CC(C)=O.Cl.ClC(Cl)Cl.S=C([S-])N(c1ccccc1)c1cccc2ccccc12.[Na+]. The predicted molar refractivity (Wildman–Crippen MR) is 252 cm³/mol. The predicted octanol–water partition coefficient (Wildman–Crippen LogP) is 10.7. The number of carboxylic acid groups (broad SMARTS) is 1. The van der Waals surface area contributed by atoms with E-state index in [9.17, 15) is 14.7 Å². The maximum Gasteiger partial charge on any atom is 1.00 e. The van der Waals surface area contributed by atoms with Gasteiger partial charge in [-0.25, -0.2) is 0 Å². The number of nitrogens with zero attached hydrogens (tertiary/aromatic N) is 2. The van der Waals surface area contributed by atoms with Crippen LogP contribution in [0.2, 0.25) is 0 Å². The van der Waals surface area contributed by atoms with Gasteiger partial charge in [-0.05, 0) is 74.9 Å². The van der Waals surface area contributed by atoms with Crippen molar-refractivity contribution >= 4 is 161 Å². The van der Waals surface area contributed by atoms with Crippen molar-refractivity contribution in [3.63, 3.8) is 0 Å². The number of hydrogen-bond donors (Lipinski definition) is 1. The molecule has 6 aromatic carbocycles. The van der Waals surface area contributed by atoms with Gasteiger partial charge in [-0.15, -0.1) is 12.4 Å². The van der Waals surface area contributed by atoms with Crippen molar-refractivity contribution in [3.8, 4) is 0 Å². The second-order valence-electron chi connectivity index (χ2n) is 11.9. The summed E-state index contributed by atoms with van der Waals surface area (Å²) in [5.41, 5.74) is 3.86. The molecule has 0 aliphatic heterocycles. The fourth-order valence-corrected chi connectivity index (χ4v) is 7.01. The fraction of sp³-hybridized carbons (Fsp3) is 0.143. The monoisotopic (exact) mass is 910 g/mol. The van der Waals surface area contributed by atoms with E-state index in [2.05, 4.69) is 36.4 Å². The van der Waals surface area contributed by atoms with Crippen molar-refractivity contribution in [2.24, 2.45) is 0 Å². The van der Waals surface area contributed by atoms with E-state index < -0.39 is 15.0 Å². The van der Waals surface area contributed by atoms with Crippen LogP contribution in [0.5, 0.6) is 0 Å². The van der Waals surface area contributed by atoms with Crippen LogP contribution in [0.15, 0.2) is 146 Å². The second-order valence-corrected chi connectivity index (χ2v) is 17.2. The minimum atomic E-state index is -1.02. The number of thiocarbonyl (C=S) groups is 2. The van der Waals surface area contributed by atoms with E-state index in [1.165, 1.54) is 31.0 Å². The Morgan fingerprint density at radius 2 is 0.964 bits per heavy atom. The van der Waals surface area contributed by atoms with E-state index >= 15 is 0 Å². The first-order chi connectivity index (χ1) is 25.6. The van der Waals surface area contributed by atoms with Crippen LogP contribution in [-0.4, -0.2) is 34.5 Å². The Kier molecular flexibility index (Phi) is 23.7. The summed E-state index contributed by atoms with van der Waals surface area (Å²) in [6.07, 6.45) is 0. The molecule has 0 spiro atoms. The molecule has 0 saturated heterocycles. The van der Waals surface area contributed by atoms with Crippen LogP contribution < -0.4 is 39.4 Å². The fourth-order valence-electron chi connectivity index (χ4n) is 4.95. The van der Waals surface area contributed by atoms with Gasteiger partial charge in [0.2, 0.25) is 0 Å². The van der Waals surface area contributed by atoms with Crippen LogP contribution in [-0.2, 0) is 22.2 Å². The van der Waals surface area contributed by atoms with E-state index in [0.717, 1.165) is 38.9 Å². The first-order valence-corrected chi connectivity index (χ1v) is 19.7. The van der Waals surface area contributed by atoms with Gasteiger partial charge in [0.15, 0.2) is 4.30 Å². The Morgan fingerprint density at radius 3 is 1.34 bits per heavy atom. The van der Waals surface area contributed by atoms with Gasteiger partial charge in [0.05, 0.1) is 11.4 Å². The number of para-hydroxylation sites is 2. The van der Waals surface area contributed by atoms with Crippen LogP contribution in [0.1, 0.15) is 27.7 Å². The molecule has 288 valence electrons. The number of hydrogen-bond acceptors (Lipinski definition) is 6. The summed E-state index contributed by atoms with van der Waals surface area (Å²) in [5.74, 6) is -0.726. The number of Topliss-reactive ketones (excluding diaryl/α,β-unsaturated/α-hetero) is 1. The topological polar surface area (TPSA) is 60.9 Å². The van der Waals surface area contributed by atoms with Gasteiger partial charge >= 0.3 is 35.5 Å². The number of benzene rings is 6. The van der Waals surface area contributed by atoms with Crippen LogP contribution in [0, 0.1) is 0 Å². The molecule has 6 aromatic rings. The summed E-state index contributed by atoms with van der Waals surface area (Å²) in [6.45, 7) is 6.39. The maximum atomic E-state index is 11.6. The average molecular weight is 913 g/mol. The third kappa shape index (κ3) is 16.0. The Morgan fingerprint density at radius 1 is 0.643 bits per heavy atom. The number of halogens is 4. The average Bonchev–Trinajstić information content (AvgIpc) is 3.12. The molecule has 0 fully saturated rings. The zero-order valence-corrected chi connectivity index (χ0v) is 39.6. The van der Waals surface area contributed by atoms with E-state index in [0.29, 0.717) is 8.64 Å². The minimum Gasteiger partial charge on any atom is -0.480 e. The first kappa shape index (κ1) is 51.5. The van der Waals surface area contributed by atoms with E-state index in [1.807, 2.05) is 119 Å². The molecule has 0 heterocycles. The number of anilines is 4. The van der Waals surface area contributed by atoms with E-state index in [4.69, 9.17) is 71.9 Å². The molecule has 0 unspecified atom stereocenters. The molecule has 0 saturated carbocycles. The van der Waals surface area contributed by atoms with Gasteiger partial charge in [0.1, 0.15) is 14.9 Å². The summed E-state index contributed by atoms with van der Waals surface area (Å²) in [5, 5.41) is 14.0. The number of fused-ring (bicyclic) bond motifs is 2. The van der Waals surface area contributed by atoms with Gasteiger partial charge in [-0.3, -0.25) is 9.69 Å². The molecule has 0 bridgehead atoms. The smallest absolute Gasteiger partial charge is 0.480 e. The number of thioether (sulfide) groups is 1. The summed E-state index contributed by atoms with van der Waals surface area (Å²) in [4.78, 5) is 24.9. The molecule has 0 aromatic heterocycles. The third-order valence-corrected chi connectivity index (χ3v) is 9.11. The van der Waals surface area contributed by atoms with Gasteiger partial charge < -0.3 is 39.6 Å². The Bertz CT molecular complexity index is 2170. The largest absolute Gasteiger partial charge is 1.00 e. The van der Waals surface area contributed by atoms with Crippen molar-refractivity contribution in [1.82, 2.24) is 0 Å². The normalized spacial score (nSPS) is 10.1. The van der Waals surface area contributed by atoms with Crippen molar-refractivity contribution in [2.45, 2.75) is 36.7 Å². The van der Waals surface area contributed by atoms with Crippen LogP contribution in [0.25, 0.3) is 21.5 Å². The van der Waals surface area contributed by atoms with Gasteiger partial charge in [-0.1, -0.05) is 172 Å².